The first kappa shape index (κ1) is 26.8. The standard InChI is InChI=1S/C29H26N4O6S/c1-5-38-28(35)25-17(2)30-29-32(26(25)19-8-10-20(11-9-19)31(3)4)27(34)24(40-29)16-22-14-15-23(39-22)18-6-12-21(13-7-18)33(36)37/h6-16,26H,5H2,1-4H3. The Morgan fingerprint density at radius 3 is 2.48 bits per heavy atom. The lowest BCUT2D eigenvalue weighted by Crippen LogP contribution is -2.39. The van der Waals surface area contributed by atoms with Gasteiger partial charge in [-0.25, -0.2) is 9.79 Å². The van der Waals surface area contributed by atoms with Gasteiger partial charge in [-0.1, -0.05) is 23.5 Å². The fourth-order valence-corrected chi connectivity index (χ4v) is 5.55. The molecule has 10 nitrogen and oxygen atoms in total. The van der Waals surface area contributed by atoms with Gasteiger partial charge in [0, 0.05) is 43.6 Å². The molecule has 1 unspecified atom stereocenters. The maximum absolute atomic E-state index is 13.8. The van der Waals surface area contributed by atoms with Gasteiger partial charge in [-0.2, -0.15) is 0 Å². The predicted octanol–water partition coefficient (Wildman–Crippen LogP) is 4.03. The molecule has 0 saturated carbocycles. The molecule has 5 rings (SSSR count). The first-order valence-corrected chi connectivity index (χ1v) is 13.3. The number of carbonyl (C=O) groups excluding carboxylic acids is 1. The van der Waals surface area contributed by atoms with Gasteiger partial charge in [-0.05, 0) is 55.8 Å². The van der Waals surface area contributed by atoms with Crippen molar-refractivity contribution < 1.29 is 18.9 Å². The molecule has 1 atom stereocenters. The number of nitrogens with zero attached hydrogens (tertiary/aromatic N) is 4. The van der Waals surface area contributed by atoms with Crippen LogP contribution in [-0.4, -0.2) is 36.2 Å². The summed E-state index contributed by atoms with van der Waals surface area (Å²) in [7, 11) is 3.88. The van der Waals surface area contributed by atoms with E-state index < -0.39 is 16.9 Å². The van der Waals surface area contributed by atoms with Gasteiger partial charge in [0.25, 0.3) is 11.2 Å². The van der Waals surface area contributed by atoms with E-state index in [0.717, 1.165) is 11.3 Å². The van der Waals surface area contributed by atoms with Crippen molar-refractivity contribution in [3.63, 3.8) is 0 Å². The first-order chi connectivity index (χ1) is 19.2. The van der Waals surface area contributed by atoms with Gasteiger partial charge in [0.1, 0.15) is 11.5 Å². The zero-order chi connectivity index (χ0) is 28.6. The number of hydrogen-bond donors (Lipinski definition) is 0. The van der Waals surface area contributed by atoms with Crippen molar-refractivity contribution in [2.45, 2.75) is 19.9 Å². The minimum Gasteiger partial charge on any atom is -0.463 e. The van der Waals surface area contributed by atoms with Crippen LogP contribution in [0.3, 0.4) is 0 Å². The van der Waals surface area contributed by atoms with Crippen molar-refractivity contribution >= 4 is 34.8 Å². The number of ether oxygens (including phenoxy) is 1. The molecule has 0 fully saturated rings. The zero-order valence-electron chi connectivity index (χ0n) is 22.3. The molecule has 0 saturated heterocycles. The molecule has 204 valence electrons. The molecule has 0 N–H and O–H groups in total. The van der Waals surface area contributed by atoms with Crippen molar-refractivity contribution in [1.29, 1.82) is 0 Å². The van der Waals surface area contributed by atoms with Crippen LogP contribution in [-0.2, 0) is 9.53 Å². The lowest BCUT2D eigenvalue weighted by Gasteiger charge is -2.25. The molecule has 40 heavy (non-hydrogen) atoms. The first-order valence-electron chi connectivity index (χ1n) is 12.5. The highest BCUT2D eigenvalue weighted by molar-refractivity contribution is 7.07. The van der Waals surface area contributed by atoms with E-state index in [2.05, 4.69) is 4.99 Å². The Labute approximate surface area is 232 Å². The van der Waals surface area contributed by atoms with E-state index in [4.69, 9.17) is 9.15 Å². The number of allylic oxidation sites excluding steroid dienone is 1. The molecule has 1 aliphatic heterocycles. The minimum absolute atomic E-state index is 0.0139. The fourth-order valence-electron chi connectivity index (χ4n) is 4.52. The maximum Gasteiger partial charge on any atom is 0.338 e. The van der Waals surface area contributed by atoms with E-state index in [1.54, 1.807) is 44.2 Å². The van der Waals surface area contributed by atoms with Crippen LogP contribution in [0.5, 0.6) is 0 Å². The lowest BCUT2D eigenvalue weighted by atomic mass is 9.95. The summed E-state index contributed by atoms with van der Waals surface area (Å²) in [6.07, 6.45) is 1.63. The summed E-state index contributed by atoms with van der Waals surface area (Å²) in [5, 5.41) is 10.9. The molecule has 0 bridgehead atoms. The number of esters is 1. The number of non-ortho nitro benzene ring substituents is 1. The number of furan rings is 1. The van der Waals surface area contributed by atoms with Gasteiger partial charge in [0.05, 0.1) is 33.4 Å². The minimum atomic E-state index is -0.707. The number of benzene rings is 2. The summed E-state index contributed by atoms with van der Waals surface area (Å²) in [4.78, 5) is 44.4. The second kappa shape index (κ2) is 10.8. The molecule has 3 heterocycles. The number of aromatic nitrogens is 1. The molecule has 0 spiro atoms. The van der Waals surface area contributed by atoms with Crippen molar-refractivity contribution in [3.8, 4) is 11.3 Å². The Hall–Kier alpha value is -4.77. The normalized spacial score (nSPS) is 15.0. The molecule has 0 aliphatic carbocycles. The molecule has 1 aliphatic rings. The summed E-state index contributed by atoms with van der Waals surface area (Å²) in [5.41, 5.74) is 2.89. The SMILES string of the molecule is CCOC(=O)C1=C(C)N=c2sc(=Cc3ccc(-c4ccc([N+](=O)[O-])cc4)o3)c(=O)n2C1c1ccc(N(C)C)cc1. The van der Waals surface area contributed by atoms with Gasteiger partial charge < -0.3 is 14.1 Å². The van der Waals surface area contributed by atoms with Crippen LogP contribution >= 0.6 is 11.3 Å². The average molecular weight is 559 g/mol. The van der Waals surface area contributed by atoms with Crippen LogP contribution in [0.25, 0.3) is 17.4 Å². The molecule has 2 aromatic heterocycles. The number of hydrogen-bond acceptors (Lipinski definition) is 9. The van der Waals surface area contributed by atoms with E-state index in [1.165, 1.54) is 28.0 Å². The Kier molecular flexibility index (Phi) is 7.22. The average Bonchev–Trinajstić information content (AvgIpc) is 3.52. The van der Waals surface area contributed by atoms with Crippen molar-refractivity contribution in [3.05, 3.63) is 113 Å². The number of rotatable bonds is 7. The van der Waals surface area contributed by atoms with Crippen LogP contribution in [0, 0.1) is 10.1 Å². The third-order valence-corrected chi connectivity index (χ3v) is 7.49. The molecule has 2 aromatic carbocycles. The quantitative estimate of drug-likeness (QED) is 0.191. The number of anilines is 1. The third-order valence-electron chi connectivity index (χ3n) is 6.51. The summed E-state index contributed by atoms with van der Waals surface area (Å²) >= 11 is 1.20. The smallest absolute Gasteiger partial charge is 0.338 e. The molecule has 11 heteroatoms. The van der Waals surface area contributed by atoms with Crippen molar-refractivity contribution in [2.75, 3.05) is 25.6 Å². The van der Waals surface area contributed by atoms with Gasteiger partial charge in [-0.15, -0.1) is 0 Å². The number of fused-ring (bicyclic) bond motifs is 1. The van der Waals surface area contributed by atoms with Gasteiger partial charge in [0.15, 0.2) is 4.80 Å². The van der Waals surface area contributed by atoms with Crippen LogP contribution in [0.4, 0.5) is 11.4 Å². The molecular formula is C29H26N4O6S. The number of nitro groups is 1. The number of thiazole rings is 1. The third kappa shape index (κ3) is 4.98. The number of nitro benzene ring substituents is 1. The van der Waals surface area contributed by atoms with Crippen LogP contribution in [0.2, 0.25) is 0 Å². The van der Waals surface area contributed by atoms with Crippen molar-refractivity contribution in [2.24, 2.45) is 4.99 Å². The van der Waals surface area contributed by atoms with Crippen LogP contribution in [0.15, 0.2) is 86.1 Å². The van der Waals surface area contributed by atoms with Gasteiger partial charge >= 0.3 is 5.97 Å². The largest absolute Gasteiger partial charge is 0.463 e. The van der Waals surface area contributed by atoms with Crippen molar-refractivity contribution in [1.82, 2.24) is 4.57 Å². The maximum atomic E-state index is 13.8. The van der Waals surface area contributed by atoms with Crippen LogP contribution in [0.1, 0.15) is 31.2 Å². The highest BCUT2D eigenvalue weighted by atomic mass is 32.1. The van der Waals surface area contributed by atoms with E-state index in [1.807, 2.05) is 43.3 Å². The summed E-state index contributed by atoms with van der Waals surface area (Å²) in [5.74, 6) is 0.429. The van der Waals surface area contributed by atoms with E-state index in [-0.39, 0.29) is 17.9 Å². The van der Waals surface area contributed by atoms with E-state index in [0.29, 0.717) is 37.7 Å². The van der Waals surface area contributed by atoms with E-state index >= 15 is 0 Å². The van der Waals surface area contributed by atoms with Gasteiger partial charge in [0.2, 0.25) is 0 Å². The topological polar surface area (TPSA) is 120 Å². The Morgan fingerprint density at radius 2 is 1.85 bits per heavy atom. The fraction of sp³-hybridized carbons (Fsp3) is 0.207. The Bertz CT molecular complexity index is 1810. The lowest BCUT2D eigenvalue weighted by molar-refractivity contribution is -0.384. The van der Waals surface area contributed by atoms with Gasteiger partial charge in [-0.3, -0.25) is 19.5 Å². The summed E-state index contributed by atoms with van der Waals surface area (Å²) < 4.78 is 13.2. The molecule has 0 amide bonds. The molecular weight excluding hydrogens is 532 g/mol. The van der Waals surface area contributed by atoms with Crippen LogP contribution < -0.4 is 19.8 Å². The van der Waals surface area contributed by atoms with E-state index in [9.17, 15) is 19.7 Å². The Morgan fingerprint density at radius 1 is 1.15 bits per heavy atom. The summed E-state index contributed by atoms with van der Waals surface area (Å²) in [6, 6.07) is 16.5. The monoisotopic (exact) mass is 558 g/mol. The zero-order valence-corrected chi connectivity index (χ0v) is 23.1. The molecule has 4 aromatic rings. The second-order valence-electron chi connectivity index (χ2n) is 9.29. The highest BCUT2D eigenvalue weighted by Crippen LogP contribution is 2.32. The number of carbonyl (C=O) groups is 1. The summed E-state index contributed by atoms with van der Waals surface area (Å²) in [6.45, 7) is 3.67. The highest BCUT2D eigenvalue weighted by Gasteiger charge is 2.33. The Balaban J connectivity index is 1.59. The predicted molar refractivity (Wildman–Crippen MR) is 152 cm³/mol. The second-order valence-corrected chi connectivity index (χ2v) is 10.3. The molecule has 0 radical (unpaired) electrons.